The second kappa shape index (κ2) is 7.52. The van der Waals surface area contributed by atoms with Crippen molar-refractivity contribution < 1.29 is 31.5 Å². The average Bonchev–Trinajstić information content (AvgIpc) is 2.48. The lowest BCUT2D eigenvalue weighted by Crippen LogP contribution is -2.17. The molecule has 0 bridgehead atoms. The number of hydrogen-bond acceptors (Lipinski definition) is 3. The fourth-order valence-electron chi connectivity index (χ4n) is 1.73. The molecule has 0 atom stereocenters. The zero-order chi connectivity index (χ0) is 17.7. The molecule has 0 radical (unpaired) electrons. The molecule has 1 N–H and O–H groups in total. The van der Waals surface area contributed by atoms with E-state index in [9.17, 15) is 26.7 Å². The van der Waals surface area contributed by atoms with Crippen LogP contribution in [0.2, 0.25) is 0 Å². The summed E-state index contributed by atoms with van der Waals surface area (Å²) in [7, 11) is 0. The topological polar surface area (TPSA) is 38.3 Å². The predicted molar refractivity (Wildman–Crippen MR) is 79.4 cm³/mol. The molecule has 24 heavy (non-hydrogen) atoms. The largest absolute Gasteiger partial charge is 0.573 e. The molecule has 0 aliphatic rings. The molecule has 9 heteroatoms. The van der Waals surface area contributed by atoms with Gasteiger partial charge in [-0.2, -0.15) is 8.78 Å². The van der Waals surface area contributed by atoms with Gasteiger partial charge in [0.1, 0.15) is 5.75 Å². The summed E-state index contributed by atoms with van der Waals surface area (Å²) >= 11 is 0.358. The lowest BCUT2D eigenvalue weighted by atomic mass is 10.2. The van der Waals surface area contributed by atoms with Gasteiger partial charge in [0.15, 0.2) is 0 Å². The second-order valence-electron chi connectivity index (χ2n) is 4.43. The molecule has 0 saturated heterocycles. The van der Waals surface area contributed by atoms with Gasteiger partial charge in [0.05, 0.1) is 0 Å². The summed E-state index contributed by atoms with van der Waals surface area (Å²) in [5, 5.41) is 2.48. The Morgan fingerprint density at radius 3 is 2.08 bits per heavy atom. The van der Waals surface area contributed by atoms with Crippen molar-refractivity contribution in [3.05, 3.63) is 54.1 Å². The van der Waals surface area contributed by atoms with E-state index in [1.165, 1.54) is 36.4 Å². The van der Waals surface area contributed by atoms with Crippen molar-refractivity contribution in [1.29, 1.82) is 0 Å². The third kappa shape index (κ3) is 5.73. The Morgan fingerprint density at radius 2 is 1.58 bits per heavy atom. The molecular weight excluding hydrogens is 353 g/mol. The maximum absolute atomic E-state index is 12.2. The summed E-state index contributed by atoms with van der Waals surface area (Å²) in [6.45, 7) is 0. The first kappa shape index (κ1) is 18.1. The Labute approximate surface area is 137 Å². The van der Waals surface area contributed by atoms with Crippen LogP contribution in [0.5, 0.6) is 5.75 Å². The van der Waals surface area contributed by atoms with Crippen LogP contribution < -0.4 is 10.1 Å². The summed E-state index contributed by atoms with van der Waals surface area (Å²) in [5.41, 5.74) is 0.491. The van der Waals surface area contributed by atoms with E-state index < -0.39 is 23.8 Å². The molecule has 0 spiro atoms. The van der Waals surface area contributed by atoms with Crippen LogP contribution in [0.1, 0.15) is 10.4 Å². The summed E-state index contributed by atoms with van der Waals surface area (Å²) in [4.78, 5) is 12.3. The lowest BCUT2D eigenvalue weighted by molar-refractivity contribution is -0.274. The van der Waals surface area contributed by atoms with Crippen molar-refractivity contribution in [1.82, 2.24) is 0 Å². The van der Waals surface area contributed by atoms with Gasteiger partial charge in [-0.05, 0) is 48.5 Å². The molecule has 2 rings (SSSR count). The third-order valence-electron chi connectivity index (χ3n) is 2.69. The summed E-state index contributed by atoms with van der Waals surface area (Å²) in [5.74, 6) is -3.48. The van der Waals surface area contributed by atoms with Gasteiger partial charge in [-0.15, -0.1) is 13.2 Å². The van der Waals surface area contributed by atoms with E-state index in [4.69, 9.17) is 0 Å². The highest BCUT2D eigenvalue weighted by molar-refractivity contribution is 7.99. The number of halogens is 5. The molecule has 2 aromatic carbocycles. The molecule has 3 nitrogen and oxygen atoms in total. The molecule has 1 amide bonds. The number of amides is 1. The SMILES string of the molecule is O=C(Nc1ccc(OC(F)(F)F)cc1)c1ccc(SC(F)F)cc1. The second-order valence-corrected chi connectivity index (χ2v) is 5.49. The Balaban J connectivity index is 1.99. The standard InChI is InChI=1S/C15H10F5NO2S/c16-14(17)24-12-7-1-9(2-8-12)13(22)21-10-3-5-11(6-4-10)23-15(18,19)20/h1-8,14H,(H,21,22). The first-order valence-corrected chi connectivity index (χ1v) is 7.33. The molecule has 0 heterocycles. The minimum absolute atomic E-state index is 0.226. The van der Waals surface area contributed by atoms with Crippen molar-refractivity contribution in [3.8, 4) is 5.75 Å². The highest BCUT2D eigenvalue weighted by atomic mass is 32.2. The molecule has 0 fully saturated rings. The minimum Gasteiger partial charge on any atom is -0.406 e. The van der Waals surface area contributed by atoms with Crippen LogP contribution in [0.3, 0.4) is 0 Å². The van der Waals surface area contributed by atoms with Gasteiger partial charge in [0, 0.05) is 16.1 Å². The molecule has 2 aromatic rings. The summed E-state index contributed by atoms with van der Waals surface area (Å²) in [6, 6.07) is 10.1. The first-order valence-electron chi connectivity index (χ1n) is 6.45. The van der Waals surface area contributed by atoms with E-state index in [0.29, 0.717) is 16.7 Å². The highest BCUT2D eigenvalue weighted by Gasteiger charge is 2.30. The number of hydrogen-bond donors (Lipinski definition) is 1. The van der Waals surface area contributed by atoms with Crippen LogP contribution in [-0.4, -0.2) is 18.0 Å². The van der Waals surface area contributed by atoms with Gasteiger partial charge in [0.25, 0.3) is 11.7 Å². The van der Waals surface area contributed by atoms with E-state index in [1.54, 1.807) is 0 Å². The monoisotopic (exact) mass is 363 g/mol. The number of carbonyl (C=O) groups excluding carboxylic acids is 1. The number of rotatable bonds is 5. The normalized spacial score (nSPS) is 11.4. The van der Waals surface area contributed by atoms with Crippen LogP contribution in [0, 0.1) is 0 Å². The van der Waals surface area contributed by atoms with Crippen molar-refractivity contribution in [2.75, 3.05) is 5.32 Å². The van der Waals surface area contributed by atoms with E-state index >= 15 is 0 Å². The number of thioether (sulfide) groups is 1. The van der Waals surface area contributed by atoms with E-state index in [-0.39, 0.29) is 11.3 Å². The Kier molecular flexibility index (Phi) is 5.66. The van der Waals surface area contributed by atoms with Gasteiger partial charge in [-0.3, -0.25) is 4.79 Å². The van der Waals surface area contributed by atoms with Gasteiger partial charge < -0.3 is 10.1 Å². The predicted octanol–water partition coefficient (Wildman–Crippen LogP) is 5.15. The molecule has 0 aliphatic carbocycles. The molecule has 128 valence electrons. The van der Waals surface area contributed by atoms with Crippen molar-refractivity contribution in [3.63, 3.8) is 0 Å². The maximum atomic E-state index is 12.2. The molecule has 0 aromatic heterocycles. The van der Waals surface area contributed by atoms with E-state index in [2.05, 4.69) is 10.1 Å². The van der Waals surface area contributed by atoms with Gasteiger partial charge in [-0.1, -0.05) is 11.8 Å². The van der Waals surface area contributed by atoms with Crippen LogP contribution in [0.15, 0.2) is 53.4 Å². The third-order valence-corrected chi connectivity index (χ3v) is 3.41. The van der Waals surface area contributed by atoms with Crippen LogP contribution in [0.25, 0.3) is 0 Å². The Morgan fingerprint density at radius 1 is 1.00 bits per heavy atom. The van der Waals surface area contributed by atoms with Gasteiger partial charge in [-0.25, -0.2) is 0 Å². The molecular formula is C15H10F5NO2S. The van der Waals surface area contributed by atoms with Gasteiger partial charge in [0.2, 0.25) is 0 Å². The quantitative estimate of drug-likeness (QED) is 0.590. The minimum atomic E-state index is -4.79. The summed E-state index contributed by atoms with van der Waals surface area (Å²) in [6.07, 6.45) is -4.79. The van der Waals surface area contributed by atoms with Crippen molar-refractivity contribution in [2.45, 2.75) is 17.0 Å². The lowest BCUT2D eigenvalue weighted by Gasteiger charge is -2.10. The molecule has 0 unspecified atom stereocenters. The average molecular weight is 363 g/mol. The fourth-order valence-corrected chi connectivity index (χ4v) is 2.23. The van der Waals surface area contributed by atoms with Crippen molar-refractivity contribution in [2.24, 2.45) is 0 Å². The maximum Gasteiger partial charge on any atom is 0.573 e. The Hall–Kier alpha value is -2.29. The van der Waals surface area contributed by atoms with Crippen molar-refractivity contribution >= 4 is 23.4 Å². The number of nitrogens with one attached hydrogen (secondary N) is 1. The van der Waals surface area contributed by atoms with E-state index in [0.717, 1.165) is 12.1 Å². The number of anilines is 1. The fraction of sp³-hybridized carbons (Fsp3) is 0.133. The molecule has 0 aliphatic heterocycles. The van der Waals surface area contributed by atoms with Crippen LogP contribution in [-0.2, 0) is 0 Å². The number of ether oxygens (including phenoxy) is 1. The Bertz CT molecular complexity index is 687. The summed E-state index contributed by atoms with van der Waals surface area (Å²) < 4.78 is 64.3. The van der Waals surface area contributed by atoms with Crippen LogP contribution in [0.4, 0.5) is 27.6 Å². The molecule has 0 saturated carbocycles. The smallest absolute Gasteiger partial charge is 0.406 e. The van der Waals surface area contributed by atoms with E-state index in [1.807, 2.05) is 0 Å². The number of carbonyl (C=O) groups is 1. The zero-order valence-corrected chi connectivity index (χ0v) is 12.6. The van der Waals surface area contributed by atoms with Crippen LogP contribution >= 0.6 is 11.8 Å². The highest BCUT2D eigenvalue weighted by Crippen LogP contribution is 2.26. The number of benzene rings is 2. The first-order chi connectivity index (χ1) is 11.2. The number of alkyl halides is 5. The zero-order valence-electron chi connectivity index (χ0n) is 11.8. The van der Waals surface area contributed by atoms with Gasteiger partial charge >= 0.3 is 6.36 Å².